The van der Waals surface area contributed by atoms with Crippen LogP contribution >= 0.6 is 23.2 Å². The molecule has 3 aromatic rings. The normalized spacial score (nSPS) is 11.4. The van der Waals surface area contributed by atoms with Crippen LogP contribution in [0.3, 0.4) is 0 Å². The van der Waals surface area contributed by atoms with E-state index in [0.29, 0.717) is 28.0 Å². The van der Waals surface area contributed by atoms with E-state index in [2.05, 4.69) is 9.82 Å². The van der Waals surface area contributed by atoms with Crippen molar-refractivity contribution in [2.45, 2.75) is 25.3 Å². The van der Waals surface area contributed by atoms with Crippen LogP contribution in [-0.4, -0.2) is 23.1 Å². The summed E-state index contributed by atoms with van der Waals surface area (Å²) < 4.78 is 29.6. The van der Waals surface area contributed by atoms with Gasteiger partial charge in [-0.25, -0.2) is 8.42 Å². The fraction of sp³-hybridized carbons (Fsp3) is 0.167. The van der Waals surface area contributed by atoms with E-state index >= 15 is 0 Å². The molecular weight excluding hydrogens is 439 g/mol. The molecule has 1 N–H and O–H groups in total. The number of anilines is 1. The number of aromatic nitrogens is 2. The highest BCUT2D eigenvalue weighted by atomic mass is 35.5. The number of halogens is 2. The van der Waals surface area contributed by atoms with Crippen LogP contribution in [0.1, 0.15) is 17.0 Å². The molecule has 11 heteroatoms. The minimum atomic E-state index is -4.20. The van der Waals surface area contributed by atoms with Gasteiger partial charge in [-0.15, -0.1) is 0 Å². The molecule has 1 heterocycles. The van der Waals surface area contributed by atoms with E-state index in [9.17, 15) is 18.5 Å². The van der Waals surface area contributed by atoms with Crippen molar-refractivity contribution in [2.75, 3.05) is 4.72 Å². The van der Waals surface area contributed by atoms with E-state index in [1.807, 2.05) is 0 Å². The lowest BCUT2D eigenvalue weighted by atomic mass is 10.2. The predicted octanol–water partition coefficient (Wildman–Crippen LogP) is 4.56. The Morgan fingerprint density at radius 2 is 1.86 bits per heavy atom. The molecule has 0 amide bonds. The minimum Gasteiger partial charge on any atom is -0.276 e. The van der Waals surface area contributed by atoms with Gasteiger partial charge in [0.25, 0.3) is 15.7 Å². The zero-order chi connectivity index (χ0) is 21.3. The standard InChI is InChI=1S/C18H16Cl2N4O4S/c1-11-18(22-29(27,28)17-6-4-3-5-16(17)24(25)26)12(2)23(21-11)10-13-7-8-14(19)9-15(13)20/h3-9,22H,10H2,1-2H3. The van der Waals surface area contributed by atoms with E-state index < -0.39 is 25.5 Å². The second kappa shape index (κ2) is 8.02. The van der Waals surface area contributed by atoms with Crippen molar-refractivity contribution < 1.29 is 13.3 Å². The first-order chi connectivity index (χ1) is 13.6. The predicted molar refractivity (Wildman–Crippen MR) is 111 cm³/mol. The topological polar surface area (TPSA) is 107 Å². The number of para-hydroxylation sites is 1. The first kappa shape index (κ1) is 21.1. The molecule has 0 spiro atoms. The molecule has 8 nitrogen and oxygen atoms in total. The van der Waals surface area contributed by atoms with Crippen LogP contribution in [0.5, 0.6) is 0 Å². The van der Waals surface area contributed by atoms with E-state index in [1.165, 1.54) is 18.2 Å². The maximum atomic E-state index is 12.8. The van der Waals surface area contributed by atoms with Gasteiger partial charge in [0, 0.05) is 16.1 Å². The SMILES string of the molecule is Cc1nn(Cc2ccc(Cl)cc2Cl)c(C)c1NS(=O)(=O)c1ccccc1[N+](=O)[O-]. The smallest absolute Gasteiger partial charge is 0.276 e. The molecule has 0 saturated carbocycles. The molecule has 29 heavy (non-hydrogen) atoms. The molecule has 0 bridgehead atoms. The van der Waals surface area contributed by atoms with Gasteiger partial charge >= 0.3 is 0 Å². The van der Waals surface area contributed by atoms with Crippen LogP contribution in [0.25, 0.3) is 0 Å². The summed E-state index contributed by atoms with van der Waals surface area (Å²) in [6, 6.07) is 10.2. The summed E-state index contributed by atoms with van der Waals surface area (Å²) in [6.45, 7) is 3.64. The largest absolute Gasteiger partial charge is 0.289 e. The summed E-state index contributed by atoms with van der Waals surface area (Å²) >= 11 is 12.1. The number of nitrogens with one attached hydrogen (secondary N) is 1. The zero-order valence-electron chi connectivity index (χ0n) is 15.4. The first-order valence-corrected chi connectivity index (χ1v) is 10.6. The molecular formula is C18H16Cl2N4O4S. The van der Waals surface area contributed by atoms with E-state index in [1.54, 1.807) is 36.7 Å². The van der Waals surface area contributed by atoms with Gasteiger partial charge in [0.05, 0.1) is 28.5 Å². The van der Waals surface area contributed by atoms with E-state index in [0.717, 1.165) is 11.6 Å². The molecule has 0 atom stereocenters. The van der Waals surface area contributed by atoms with Crippen molar-refractivity contribution in [3.63, 3.8) is 0 Å². The molecule has 0 fully saturated rings. The Labute approximate surface area is 177 Å². The molecule has 0 radical (unpaired) electrons. The van der Waals surface area contributed by atoms with Gasteiger partial charge in [-0.1, -0.05) is 41.4 Å². The highest BCUT2D eigenvalue weighted by Gasteiger charge is 2.27. The van der Waals surface area contributed by atoms with Gasteiger partial charge in [-0.3, -0.25) is 19.5 Å². The fourth-order valence-electron chi connectivity index (χ4n) is 2.83. The number of benzene rings is 2. The molecule has 0 saturated heterocycles. The third kappa shape index (κ3) is 4.36. The van der Waals surface area contributed by atoms with Gasteiger partial charge in [0.2, 0.25) is 0 Å². The summed E-state index contributed by atoms with van der Waals surface area (Å²) in [7, 11) is -4.20. The minimum absolute atomic E-state index is 0.258. The van der Waals surface area contributed by atoms with Crippen molar-refractivity contribution >= 4 is 44.6 Å². The third-order valence-corrected chi connectivity index (χ3v) is 6.29. The van der Waals surface area contributed by atoms with Gasteiger partial charge in [-0.2, -0.15) is 5.10 Å². The average Bonchev–Trinajstić information content (AvgIpc) is 2.91. The monoisotopic (exact) mass is 454 g/mol. The third-order valence-electron chi connectivity index (χ3n) is 4.30. The summed E-state index contributed by atoms with van der Waals surface area (Å²) in [5, 5.41) is 16.5. The van der Waals surface area contributed by atoms with Crippen LogP contribution in [0.4, 0.5) is 11.4 Å². The second-order valence-electron chi connectivity index (χ2n) is 6.27. The number of hydrogen-bond acceptors (Lipinski definition) is 5. The lowest BCUT2D eigenvalue weighted by Crippen LogP contribution is -2.16. The Morgan fingerprint density at radius 1 is 1.17 bits per heavy atom. The van der Waals surface area contributed by atoms with Crippen LogP contribution in [-0.2, 0) is 16.6 Å². The average molecular weight is 455 g/mol. The Hall–Kier alpha value is -2.62. The van der Waals surface area contributed by atoms with Crippen LogP contribution in [0.2, 0.25) is 10.0 Å². The summed E-state index contributed by atoms with van der Waals surface area (Å²) in [4.78, 5) is 10.0. The molecule has 0 aliphatic carbocycles. The Bertz CT molecular complexity index is 1210. The molecule has 3 rings (SSSR count). The second-order valence-corrected chi connectivity index (χ2v) is 8.76. The molecule has 152 valence electrons. The summed E-state index contributed by atoms with van der Waals surface area (Å²) in [6.07, 6.45) is 0. The van der Waals surface area contributed by atoms with Gasteiger partial charge in [0.1, 0.15) is 0 Å². The molecule has 1 aromatic heterocycles. The quantitative estimate of drug-likeness (QED) is 0.433. The maximum Gasteiger partial charge on any atom is 0.289 e. The number of rotatable bonds is 6. The Morgan fingerprint density at radius 3 is 2.52 bits per heavy atom. The van der Waals surface area contributed by atoms with E-state index in [-0.39, 0.29) is 5.69 Å². The lowest BCUT2D eigenvalue weighted by molar-refractivity contribution is -0.387. The Balaban J connectivity index is 1.96. The molecule has 2 aromatic carbocycles. The summed E-state index contributed by atoms with van der Waals surface area (Å²) in [5.41, 5.74) is 1.48. The summed E-state index contributed by atoms with van der Waals surface area (Å²) in [5.74, 6) is 0. The van der Waals surface area contributed by atoms with Crippen molar-refractivity contribution in [3.05, 3.63) is 79.6 Å². The van der Waals surface area contributed by atoms with Crippen LogP contribution < -0.4 is 4.72 Å². The fourth-order valence-corrected chi connectivity index (χ4v) is 4.65. The number of nitro groups is 1. The van der Waals surface area contributed by atoms with Gasteiger partial charge in [-0.05, 0) is 37.6 Å². The van der Waals surface area contributed by atoms with Gasteiger partial charge in [0.15, 0.2) is 4.90 Å². The van der Waals surface area contributed by atoms with Crippen molar-refractivity contribution in [1.82, 2.24) is 9.78 Å². The van der Waals surface area contributed by atoms with Crippen LogP contribution in [0.15, 0.2) is 47.4 Å². The lowest BCUT2D eigenvalue weighted by Gasteiger charge is -2.10. The van der Waals surface area contributed by atoms with E-state index in [4.69, 9.17) is 23.2 Å². The highest BCUT2D eigenvalue weighted by molar-refractivity contribution is 7.92. The highest BCUT2D eigenvalue weighted by Crippen LogP contribution is 2.29. The number of hydrogen-bond donors (Lipinski definition) is 1. The zero-order valence-corrected chi connectivity index (χ0v) is 17.7. The van der Waals surface area contributed by atoms with Crippen molar-refractivity contribution in [2.24, 2.45) is 0 Å². The number of nitrogens with zero attached hydrogens (tertiary/aromatic N) is 3. The first-order valence-electron chi connectivity index (χ1n) is 8.34. The maximum absolute atomic E-state index is 12.8. The molecule has 0 aliphatic rings. The van der Waals surface area contributed by atoms with Crippen molar-refractivity contribution in [3.8, 4) is 0 Å². The number of sulfonamides is 1. The van der Waals surface area contributed by atoms with Gasteiger partial charge < -0.3 is 0 Å². The molecule has 0 unspecified atom stereocenters. The number of aryl methyl sites for hydroxylation is 1. The number of nitro benzene ring substituents is 1. The molecule has 0 aliphatic heterocycles. The van der Waals surface area contributed by atoms with Crippen molar-refractivity contribution in [1.29, 1.82) is 0 Å². The van der Waals surface area contributed by atoms with Crippen LogP contribution in [0, 0.1) is 24.0 Å². The Kier molecular flexibility index (Phi) is 5.83.